The van der Waals surface area contributed by atoms with Crippen molar-refractivity contribution in [1.29, 1.82) is 0 Å². The van der Waals surface area contributed by atoms with Gasteiger partial charge in [0.1, 0.15) is 5.75 Å². The molecule has 1 aromatic carbocycles. The lowest BCUT2D eigenvalue weighted by Gasteiger charge is -2.28. The molecule has 0 fully saturated rings. The summed E-state index contributed by atoms with van der Waals surface area (Å²) < 4.78 is 5.36. The Hall–Kier alpha value is -1.55. The first kappa shape index (κ1) is 15.5. The van der Waals surface area contributed by atoms with Gasteiger partial charge in [0.15, 0.2) is 0 Å². The summed E-state index contributed by atoms with van der Waals surface area (Å²) >= 11 is 0. The molecule has 1 amide bonds. The first-order chi connectivity index (χ1) is 9.11. The van der Waals surface area contributed by atoms with Crippen LogP contribution in [0.5, 0.6) is 5.75 Å². The topological polar surface area (TPSA) is 64.3 Å². The van der Waals surface area contributed by atoms with E-state index in [0.29, 0.717) is 13.2 Å². The van der Waals surface area contributed by atoms with Crippen LogP contribution in [0.1, 0.15) is 33.6 Å². The Morgan fingerprint density at radius 1 is 1.21 bits per heavy atom. The van der Waals surface area contributed by atoms with Gasteiger partial charge in [0.25, 0.3) is 0 Å². The van der Waals surface area contributed by atoms with E-state index < -0.39 is 5.41 Å². The molecule has 0 spiro atoms. The van der Waals surface area contributed by atoms with E-state index in [4.69, 9.17) is 10.5 Å². The number of nitrogens with one attached hydrogen (secondary N) is 1. The molecule has 0 saturated heterocycles. The second kappa shape index (κ2) is 7.14. The molecule has 0 aromatic heterocycles. The molecule has 0 aliphatic heterocycles. The van der Waals surface area contributed by atoms with Crippen molar-refractivity contribution in [1.82, 2.24) is 0 Å². The van der Waals surface area contributed by atoms with Crippen LogP contribution in [0.15, 0.2) is 24.3 Å². The summed E-state index contributed by atoms with van der Waals surface area (Å²) in [5.74, 6) is 0.792. The molecule has 106 valence electrons. The monoisotopic (exact) mass is 264 g/mol. The Morgan fingerprint density at radius 3 is 2.21 bits per heavy atom. The van der Waals surface area contributed by atoms with Crippen LogP contribution in [-0.4, -0.2) is 19.1 Å². The number of carbonyl (C=O) groups excluding carboxylic acids is 1. The van der Waals surface area contributed by atoms with Crippen molar-refractivity contribution in [3.63, 3.8) is 0 Å². The van der Waals surface area contributed by atoms with E-state index in [1.165, 1.54) is 0 Å². The first-order valence-electron chi connectivity index (χ1n) is 6.86. The van der Waals surface area contributed by atoms with Gasteiger partial charge in [0, 0.05) is 12.2 Å². The Bertz CT molecular complexity index is 389. The van der Waals surface area contributed by atoms with E-state index in [9.17, 15) is 4.79 Å². The highest BCUT2D eigenvalue weighted by Crippen LogP contribution is 2.27. The first-order valence-corrected chi connectivity index (χ1v) is 6.86. The predicted molar refractivity (Wildman–Crippen MR) is 78.3 cm³/mol. The summed E-state index contributed by atoms with van der Waals surface area (Å²) in [6, 6.07) is 7.38. The molecule has 0 aliphatic rings. The zero-order valence-electron chi connectivity index (χ0n) is 12.0. The molecule has 0 aliphatic carbocycles. The molecule has 0 heterocycles. The van der Waals surface area contributed by atoms with Crippen LogP contribution in [-0.2, 0) is 4.79 Å². The maximum atomic E-state index is 12.3. The Kier molecular flexibility index (Phi) is 5.83. The molecule has 4 heteroatoms. The molecular formula is C15H24N2O2. The van der Waals surface area contributed by atoms with Crippen molar-refractivity contribution in [2.45, 2.75) is 33.6 Å². The molecule has 1 aromatic rings. The maximum absolute atomic E-state index is 12.3. The molecule has 0 bridgehead atoms. The number of ether oxygens (including phenoxy) is 1. The van der Waals surface area contributed by atoms with Crippen LogP contribution in [0.3, 0.4) is 0 Å². The van der Waals surface area contributed by atoms with Gasteiger partial charge in [0.2, 0.25) is 5.91 Å². The highest BCUT2D eigenvalue weighted by atomic mass is 16.5. The van der Waals surface area contributed by atoms with Gasteiger partial charge in [-0.05, 0) is 44.0 Å². The standard InChI is InChI=1S/C15H24N2O2/c1-4-15(5-2,11-16)14(18)17-12-7-9-13(10-8-12)19-6-3/h7-10H,4-6,11,16H2,1-3H3,(H,17,18). The third kappa shape index (κ3) is 3.70. The summed E-state index contributed by atoms with van der Waals surface area (Å²) in [5.41, 5.74) is 6.06. The fourth-order valence-electron chi connectivity index (χ4n) is 2.02. The number of hydrogen-bond acceptors (Lipinski definition) is 3. The number of anilines is 1. The van der Waals surface area contributed by atoms with Crippen molar-refractivity contribution in [2.24, 2.45) is 11.1 Å². The van der Waals surface area contributed by atoms with Crippen LogP contribution >= 0.6 is 0 Å². The second-order valence-electron chi connectivity index (χ2n) is 4.60. The van der Waals surface area contributed by atoms with Crippen molar-refractivity contribution < 1.29 is 9.53 Å². The molecule has 0 unspecified atom stereocenters. The summed E-state index contributed by atoms with van der Waals surface area (Å²) in [7, 11) is 0. The van der Waals surface area contributed by atoms with E-state index in [1.54, 1.807) is 0 Å². The third-order valence-corrected chi connectivity index (χ3v) is 3.65. The molecule has 4 nitrogen and oxygen atoms in total. The maximum Gasteiger partial charge on any atom is 0.231 e. The molecule has 19 heavy (non-hydrogen) atoms. The lowest BCUT2D eigenvalue weighted by Crippen LogP contribution is -2.41. The van der Waals surface area contributed by atoms with Gasteiger partial charge in [-0.3, -0.25) is 4.79 Å². The zero-order chi connectivity index (χ0) is 14.3. The average molecular weight is 264 g/mol. The largest absolute Gasteiger partial charge is 0.494 e. The fraction of sp³-hybridized carbons (Fsp3) is 0.533. The Labute approximate surface area is 115 Å². The van der Waals surface area contributed by atoms with Gasteiger partial charge >= 0.3 is 0 Å². The summed E-state index contributed by atoms with van der Waals surface area (Å²) in [6.07, 6.45) is 1.48. The summed E-state index contributed by atoms with van der Waals surface area (Å²) in [5, 5.41) is 2.93. The van der Waals surface area contributed by atoms with Crippen LogP contribution in [0.2, 0.25) is 0 Å². The van der Waals surface area contributed by atoms with Gasteiger partial charge in [-0.2, -0.15) is 0 Å². The van der Waals surface area contributed by atoms with Gasteiger partial charge in [-0.1, -0.05) is 13.8 Å². The number of nitrogens with two attached hydrogens (primary N) is 1. The average Bonchev–Trinajstić information content (AvgIpc) is 2.44. The van der Waals surface area contributed by atoms with Crippen molar-refractivity contribution in [3.8, 4) is 5.75 Å². The minimum absolute atomic E-state index is 0.0100. The molecule has 1 rings (SSSR count). The predicted octanol–water partition coefficient (Wildman–Crippen LogP) is 2.79. The summed E-state index contributed by atoms with van der Waals surface area (Å²) in [6.45, 7) is 6.92. The number of hydrogen-bond donors (Lipinski definition) is 2. The van der Waals surface area contributed by atoms with E-state index in [1.807, 2.05) is 45.0 Å². The quantitative estimate of drug-likeness (QED) is 0.796. The fourth-order valence-corrected chi connectivity index (χ4v) is 2.02. The van der Waals surface area contributed by atoms with Crippen LogP contribution < -0.4 is 15.8 Å². The van der Waals surface area contributed by atoms with Crippen LogP contribution in [0.4, 0.5) is 5.69 Å². The second-order valence-corrected chi connectivity index (χ2v) is 4.60. The SMILES string of the molecule is CCOc1ccc(NC(=O)C(CC)(CC)CN)cc1. The molecular weight excluding hydrogens is 240 g/mol. The molecule has 0 radical (unpaired) electrons. The van der Waals surface area contributed by atoms with E-state index in [-0.39, 0.29) is 5.91 Å². The van der Waals surface area contributed by atoms with Crippen LogP contribution in [0.25, 0.3) is 0 Å². The highest BCUT2D eigenvalue weighted by Gasteiger charge is 2.33. The van der Waals surface area contributed by atoms with Gasteiger partial charge in [-0.25, -0.2) is 0 Å². The minimum Gasteiger partial charge on any atom is -0.494 e. The molecule has 0 atom stereocenters. The smallest absolute Gasteiger partial charge is 0.231 e. The van der Waals surface area contributed by atoms with Gasteiger partial charge in [-0.15, -0.1) is 0 Å². The molecule has 3 N–H and O–H groups in total. The number of amides is 1. The molecule has 0 saturated carbocycles. The third-order valence-electron chi connectivity index (χ3n) is 3.65. The lowest BCUT2D eigenvalue weighted by molar-refractivity contribution is -0.125. The van der Waals surface area contributed by atoms with Crippen LogP contribution in [0, 0.1) is 5.41 Å². The Balaban J connectivity index is 2.75. The highest BCUT2D eigenvalue weighted by molar-refractivity contribution is 5.95. The van der Waals surface area contributed by atoms with Crippen molar-refractivity contribution >= 4 is 11.6 Å². The van der Waals surface area contributed by atoms with E-state index in [2.05, 4.69) is 5.32 Å². The van der Waals surface area contributed by atoms with E-state index in [0.717, 1.165) is 24.3 Å². The lowest BCUT2D eigenvalue weighted by atomic mass is 9.81. The zero-order valence-corrected chi connectivity index (χ0v) is 12.0. The number of benzene rings is 1. The van der Waals surface area contributed by atoms with E-state index >= 15 is 0 Å². The van der Waals surface area contributed by atoms with Crippen molar-refractivity contribution in [3.05, 3.63) is 24.3 Å². The Morgan fingerprint density at radius 2 is 1.79 bits per heavy atom. The van der Waals surface area contributed by atoms with Gasteiger partial charge in [0.05, 0.1) is 12.0 Å². The summed E-state index contributed by atoms with van der Waals surface area (Å²) in [4.78, 5) is 12.3. The van der Waals surface area contributed by atoms with Gasteiger partial charge < -0.3 is 15.8 Å². The number of rotatable bonds is 7. The minimum atomic E-state index is -0.474. The number of carbonyl (C=O) groups is 1. The van der Waals surface area contributed by atoms with Crippen molar-refractivity contribution in [2.75, 3.05) is 18.5 Å². The normalized spacial score (nSPS) is 11.2.